The van der Waals surface area contributed by atoms with Gasteiger partial charge in [0, 0.05) is 0 Å². The zero-order valence-corrected chi connectivity index (χ0v) is 11.6. The van der Waals surface area contributed by atoms with E-state index in [-0.39, 0.29) is 11.7 Å². The van der Waals surface area contributed by atoms with Gasteiger partial charge in [0.05, 0.1) is 12.8 Å². The van der Waals surface area contributed by atoms with Crippen molar-refractivity contribution in [1.29, 1.82) is 0 Å². The van der Waals surface area contributed by atoms with Gasteiger partial charge in [-0.25, -0.2) is 0 Å². The van der Waals surface area contributed by atoms with Crippen LogP contribution < -0.4 is 0 Å². The van der Waals surface area contributed by atoms with E-state index in [0.29, 0.717) is 12.1 Å². The van der Waals surface area contributed by atoms with E-state index in [1.54, 1.807) is 38.1 Å². The number of hydrogen-bond donors (Lipinski definition) is 1. The van der Waals surface area contributed by atoms with E-state index in [9.17, 15) is 9.90 Å². The molecule has 0 heterocycles. The van der Waals surface area contributed by atoms with Crippen molar-refractivity contribution in [2.75, 3.05) is 14.2 Å². The van der Waals surface area contributed by atoms with Crippen LogP contribution in [-0.4, -0.2) is 31.0 Å². The minimum absolute atomic E-state index is 0.186. The molecule has 0 saturated carbocycles. The summed E-state index contributed by atoms with van der Waals surface area (Å²) in [7, 11) is 2.78. The molecule has 0 radical (unpaired) electrons. The van der Waals surface area contributed by atoms with Gasteiger partial charge in [0.2, 0.25) is 0 Å². The lowest BCUT2D eigenvalue weighted by Gasteiger charge is -2.26. The van der Waals surface area contributed by atoms with Crippen molar-refractivity contribution in [2.24, 2.45) is 10.6 Å². The summed E-state index contributed by atoms with van der Waals surface area (Å²) in [5.74, 6) is -0.190. The summed E-state index contributed by atoms with van der Waals surface area (Å²) < 4.78 is 4.85. The number of phenolic OH excluding ortho intramolecular Hbond substituents is 1. The number of carbonyl (C=O) groups excluding carboxylic acids is 1. The number of ether oxygens (including phenoxy) is 1. The van der Waals surface area contributed by atoms with Crippen LogP contribution in [0.25, 0.3) is 0 Å². The molecule has 5 heteroatoms. The first-order valence-corrected chi connectivity index (χ1v) is 5.88. The van der Waals surface area contributed by atoms with Crippen LogP contribution in [-0.2, 0) is 20.8 Å². The maximum absolute atomic E-state index is 12.0. The van der Waals surface area contributed by atoms with Crippen molar-refractivity contribution in [3.05, 3.63) is 29.8 Å². The van der Waals surface area contributed by atoms with Gasteiger partial charge in [0.1, 0.15) is 18.3 Å². The highest BCUT2D eigenvalue weighted by molar-refractivity contribution is 6.05. The normalized spacial score (nSPS) is 14.6. The van der Waals surface area contributed by atoms with Gasteiger partial charge in [-0.1, -0.05) is 17.3 Å². The smallest absolute Gasteiger partial charge is 0.317 e. The molecule has 104 valence electrons. The number of nitrogens with zero attached hydrogens (tertiary/aromatic N) is 1. The molecule has 1 N–H and O–H groups in total. The van der Waals surface area contributed by atoms with E-state index in [2.05, 4.69) is 5.16 Å². The van der Waals surface area contributed by atoms with Gasteiger partial charge in [0.15, 0.2) is 0 Å². The molecule has 1 atom stereocenters. The van der Waals surface area contributed by atoms with Gasteiger partial charge in [-0.3, -0.25) is 4.79 Å². The van der Waals surface area contributed by atoms with E-state index < -0.39 is 5.41 Å². The number of phenols is 1. The Morgan fingerprint density at radius 1 is 1.32 bits per heavy atom. The molecule has 1 unspecified atom stereocenters. The van der Waals surface area contributed by atoms with Gasteiger partial charge in [-0.05, 0) is 38.0 Å². The highest BCUT2D eigenvalue weighted by Crippen LogP contribution is 2.27. The molecule has 0 fully saturated rings. The van der Waals surface area contributed by atoms with Crippen LogP contribution in [0, 0.1) is 5.41 Å². The molecule has 19 heavy (non-hydrogen) atoms. The number of esters is 1. The fourth-order valence-corrected chi connectivity index (χ4v) is 1.83. The third-order valence-corrected chi connectivity index (χ3v) is 3.16. The monoisotopic (exact) mass is 265 g/mol. The third kappa shape index (κ3) is 3.47. The maximum Gasteiger partial charge on any atom is 0.317 e. The molecule has 0 aliphatic heterocycles. The van der Waals surface area contributed by atoms with Crippen molar-refractivity contribution in [3.63, 3.8) is 0 Å². The molecule has 0 bridgehead atoms. The van der Waals surface area contributed by atoms with Crippen LogP contribution in [0.4, 0.5) is 0 Å². The van der Waals surface area contributed by atoms with Gasteiger partial charge in [-0.2, -0.15) is 0 Å². The van der Waals surface area contributed by atoms with Gasteiger partial charge < -0.3 is 14.7 Å². The molecule has 0 spiro atoms. The summed E-state index contributed by atoms with van der Waals surface area (Å²) in [5.41, 5.74) is 0.535. The predicted molar refractivity (Wildman–Crippen MR) is 72.1 cm³/mol. The summed E-state index contributed by atoms with van der Waals surface area (Å²) in [5, 5.41) is 13.1. The zero-order chi connectivity index (χ0) is 14.5. The summed E-state index contributed by atoms with van der Waals surface area (Å²) in [6, 6.07) is 6.68. The number of benzene rings is 1. The molecule has 1 rings (SSSR count). The van der Waals surface area contributed by atoms with Crippen LogP contribution in [0.3, 0.4) is 0 Å². The average molecular weight is 265 g/mol. The Balaban J connectivity index is 3.08. The van der Waals surface area contributed by atoms with E-state index in [1.165, 1.54) is 14.2 Å². The topological polar surface area (TPSA) is 68.1 Å². The number of oxime groups is 1. The molecular weight excluding hydrogens is 246 g/mol. The number of methoxy groups -OCH3 is 1. The Hall–Kier alpha value is -2.04. The second kappa shape index (κ2) is 6.22. The molecule has 5 nitrogen and oxygen atoms in total. The standard InChI is InChI=1S/C14H19NO4/c1-10(15-19-4)14(2,13(17)18-3)9-11-5-7-12(16)8-6-11/h5-8,16H,9H2,1-4H3. The molecule has 1 aromatic rings. The largest absolute Gasteiger partial charge is 0.508 e. The zero-order valence-electron chi connectivity index (χ0n) is 11.6. The Kier molecular flexibility index (Phi) is 4.92. The second-order valence-electron chi connectivity index (χ2n) is 4.53. The van der Waals surface area contributed by atoms with Crippen LogP contribution >= 0.6 is 0 Å². The summed E-state index contributed by atoms with van der Waals surface area (Å²) >= 11 is 0. The molecule has 0 amide bonds. The Morgan fingerprint density at radius 2 is 1.89 bits per heavy atom. The molecule has 1 aromatic carbocycles. The molecule has 0 aliphatic carbocycles. The van der Waals surface area contributed by atoms with E-state index in [1.807, 2.05) is 0 Å². The van der Waals surface area contributed by atoms with Crippen LogP contribution in [0.1, 0.15) is 19.4 Å². The molecule has 0 aromatic heterocycles. The SMILES string of the molecule is CON=C(C)C(C)(Cc1ccc(O)cc1)C(=O)OC. The Bertz CT molecular complexity index is 467. The molecule has 0 aliphatic rings. The summed E-state index contributed by atoms with van der Waals surface area (Å²) in [4.78, 5) is 16.8. The van der Waals surface area contributed by atoms with Crippen molar-refractivity contribution in [3.8, 4) is 5.75 Å². The first kappa shape index (κ1) is 15.0. The molecular formula is C14H19NO4. The van der Waals surface area contributed by atoms with Crippen molar-refractivity contribution < 1.29 is 19.5 Å². The summed E-state index contributed by atoms with van der Waals surface area (Å²) in [6.45, 7) is 3.48. The predicted octanol–water partition coefficient (Wildman–Crippen LogP) is 2.14. The first-order chi connectivity index (χ1) is 8.93. The quantitative estimate of drug-likeness (QED) is 0.503. The highest BCUT2D eigenvalue weighted by Gasteiger charge is 2.38. The Morgan fingerprint density at radius 3 is 2.37 bits per heavy atom. The highest BCUT2D eigenvalue weighted by atomic mass is 16.6. The van der Waals surface area contributed by atoms with Crippen LogP contribution in [0.5, 0.6) is 5.75 Å². The van der Waals surface area contributed by atoms with Crippen molar-refractivity contribution in [2.45, 2.75) is 20.3 Å². The minimum atomic E-state index is -0.901. The lowest BCUT2D eigenvalue weighted by molar-refractivity contribution is -0.147. The fraction of sp³-hybridized carbons (Fsp3) is 0.429. The van der Waals surface area contributed by atoms with E-state index in [0.717, 1.165) is 5.56 Å². The second-order valence-corrected chi connectivity index (χ2v) is 4.53. The van der Waals surface area contributed by atoms with Crippen molar-refractivity contribution in [1.82, 2.24) is 0 Å². The minimum Gasteiger partial charge on any atom is -0.508 e. The number of rotatable bonds is 5. The number of hydrogen-bond acceptors (Lipinski definition) is 5. The number of carbonyl (C=O) groups is 1. The van der Waals surface area contributed by atoms with Crippen LogP contribution in [0.15, 0.2) is 29.4 Å². The van der Waals surface area contributed by atoms with Crippen molar-refractivity contribution >= 4 is 11.7 Å². The average Bonchev–Trinajstić information content (AvgIpc) is 2.40. The maximum atomic E-state index is 12.0. The van der Waals surface area contributed by atoms with Crippen LogP contribution in [0.2, 0.25) is 0 Å². The van der Waals surface area contributed by atoms with Gasteiger partial charge in [-0.15, -0.1) is 0 Å². The third-order valence-electron chi connectivity index (χ3n) is 3.16. The Labute approximate surface area is 112 Å². The fourth-order valence-electron chi connectivity index (χ4n) is 1.83. The van der Waals surface area contributed by atoms with Gasteiger partial charge >= 0.3 is 5.97 Å². The lowest BCUT2D eigenvalue weighted by Crippen LogP contribution is -2.38. The number of aromatic hydroxyl groups is 1. The van der Waals surface area contributed by atoms with E-state index >= 15 is 0 Å². The van der Waals surface area contributed by atoms with Gasteiger partial charge in [0.25, 0.3) is 0 Å². The summed E-state index contributed by atoms with van der Waals surface area (Å²) in [6.07, 6.45) is 0.415. The first-order valence-electron chi connectivity index (χ1n) is 5.88. The molecule has 0 saturated heterocycles. The lowest BCUT2D eigenvalue weighted by atomic mass is 9.79. The van der Waals surface area contributed by atoms with E-state index in [4.69, 9.17) is 9.57 Å².